The van der Waals surface area contributed by atoms with Crippen LogP contribution in [0.25, 0.3) is 0 Å². The number of carbonyl (C=O) groups is 2. The van der Waals surface area contributed by atoms with Crippen molar-refractivity contribution in [2.75, 3.05) is 23.4 Å². The minimum absolute atomic E-state index is 0.175. The van der Waals surface area contributed by atoms with Gasteiger partial charge >= 0.3 is 0 Å². The Hall–Kier alpha value is -1.57. The molecule has 19 heavy (non-hydrogen) atoms. The van der Waals surface area contributed by atoms with Crippen molar-refractivity contribution in [3.8, 4) is 0 Å². The molecule has 1 unspecified atom stereocenters. The second kappa shape index (κ2) is 7.78. The molecule has 0 saturated carbocycles. The number of hydrogen-bond acceptors (Lipinski definition) is 5. The fourth-order valence-corrected chi connectivity index (χ4v) is 2.01. The van der Waals surface area contributed by atoms with Crippen molar-refractivity contribution in [3.63, 3.8) is 0 Å². The number of nitrogens with one attached hydrogen (secondary N) is 1. The number of primary amides is 1. The average molecular weight is 284 g/mol. The van der Waals surface area contributed by atoms with E-state index in [1.807, 2.05) is 0 Å². The first-order chi connectivity index (χ1) is 9.02. The maximum atomic E-state index is 11.5. The number of aliphatic hydroxyl groups is 2. The first-order valence-corrected chi connectivity index (χ1v) is 6.74. The summed E-state index contributed by atoms with van der Waals surface area (Å²) in [5, 5.41) is 20.3. The van der Waals surface area contributed by atoms with Crippen molar-refractivity contribution < 1.29 is 19.8 Å². The summed E-state index contributed by atoms with van der Waals surface area (Å²) in [4.78, 5) is 22.4. The molecule has 0 aliphatic rings. The second-order valence-electron chi connectivity index (χ2n) is 3.84. The van der Waals surface area contributed by atoms with Crippen LogP contribution in [0.5, 0.6) is 0 Å². The van der Waals surface area contributed by atoms with Crippen molar-refractivity contribution in [2.45, 2.75) is 6.10 Å². The number of nitrogens with two attached hydrogens (primary N) is 1. The second-order valence-corrected chi connectivity index (χ2v) is 4.87. The quantitative estimate of drug-likeness (QED) is 0.554. The van der Waals surface area contributed by atoms with Gasteiger partial charge in [0.2, 0.25) is 11.8 Å². The van der Waals surface area contributed by atoms with Gasteiger partial charge in [0, 0.05) is 17.0 Å². The van der Waals surface area contributed by atoms with Crippen LogP contribution in [0.15, 0.2) is 24.3 Å². The van der Waals surface area contributed by atoms with Crippen LogP contribution in [-0.2, 0) is 4.79 Å². The topological polar surface area (TPSA) is 113 Å². The van der Waals surface area contributed by atoms with Gasteiger partial charge in [-0.2, -0.15) is 0 Å². The van der Waals surface area contributed by atoms with Crippen molar-refractivity contribution in [1.82, 2.24) is 0 Å². The maximum Gasteiger partial charge on any atom is 0.248 e. The monoisotopic (exact) mass is 284 g/mol. The Bertz CT molecular complexity index is 436. The first-order valence-electron chi connectivity index (χ1n) is 5.59. The van der Waals surface area contributed by atoms with E-state index in [1.165, 1.54) is 23.9 Å². The number of amides is 2. The van der Waals surface area contributed by atoms with Crippen molar-refractivity contribution in [2.24, 2.45) is 5.73 Å². The number of aliphatic hydroxyl groups excluding tert-OH is 2. The Morgan fingerprint density at radius 2 is 1.95 bits per heavy atom. The van der Waals surface area contributed by atoms with E-state index in [0.29, 0.717) is 17.0 Å². The summed E-state index contributed by atoms with van der Waals surface area (Å²) in [6, 6.07) is 6.23. The lowest BCUT2D eigenvalue weighted by Crippen LogP contribution is -2.19. The van der Waals surface area contributed by atoms with E-state index < -0.39 is 12.0 Å². The number of rotatable bonds is 7. The summed E-state index contributed by atoms with van der Waals surface area (Å²) in [6.45, 7) is -0.316. The highest BCUT2D eigenvalue weighted by Gasteiger charge is 2.06. The molecule has 1 aromatic carbocycles. The van der Waals surface area contributed by atoms with Crippen LogP contribution in [-0.4, -0.2) is 46.2 Å². The molecule has 0 fully saturated rings. The molecule has 104 valence electrons. The average Bonchev–Trinajstić information content (AvgIpc) is 2.39. The SMILES string of the molecule is NC(=O)c1ccc(NC(=O)CSCC(O)CO)cc1. The third-order valence-electron chi connectivity index (χ3n) is 2.21. The van der Waals surface area contributed by atoms with E-state index in [2.05, 4.69) is 5.32 Å². The van der Waals surface area contributed by atoms with Gasteiger partial charge in [-0.15, -0.1) is 11.8 Å². The maximum absolute atomic E-state index is 11.5. The van der Waals surface area contributed by atoms with E-state index in [0.717, 1.165) is 0 Å². The molecular formula is C12H16N2O4S. The summed E-state index contributed by atoms with van der Waals surface area (Å²) in [5.74, 6) is -0.271. The van der Waals surface area contributed by atoms with Gasteiger partial charge in [0.1, 0.15) is 0 Å². The zero-order chi connectivity index (χ0) is 14.3. The standard InChI is InChI=1S/C12H16N2O4S/c13-12(18)8-1-3-9(4-2-8)14-11(17)7-19-6-10(16)5-15/h1-4,10,15-16H,5-7H2,(H2,13,18)(H,14,17). The first kappa shape index (κ1) is 15.5. The van der Waals surface area contributed by atoms with Gasteiger partial charge < -0.3 is 21.3 Å². The number of thioether (sulfide) groups is 1. The van der Waals surface area contributed by atoms with Crippen LogP contribution in [0.3, 0.4) is 0 Å². The number of carbonyl (C=O) groups excluding carboxylic acids is 2. The van der Waals surface area contributed by atoms with Crippen molar-refractivity contribution in [3.05, 3.63) is 29.8 Å². The lowest BCUT2D eigenvalue weighted by Gasteiger charge is -2.07. The van der Waals surface area contributed by atoms with Gasteiger partial charge in [0.15, 0.2) is 0 Å². The lowest BCUT2D eigenvalue weighted by molar-refractivity contribution is -0.113. The molecule has 1 aromatic rings. The summed E-state index contributed by atoms with van der Waals surface area (Å²) in [7, 11) is 0. The highest BCUT2D eigenvalue weighted by molar-refractivity contribution is 8.00. The molecule has 0 heterocycles. The van der Waals surface area contributed by atoms with Crippen LogP contribution >= 0.6 is 11.8 Å². The highest BCUT2D eigenvalue weighted by Crippen LogP contribution is 2.10. The summed E-state index contributed by atoms with van der Waals surface area (Å²) in [5.41, 5.74) is 6.04. The molecule has 0 aliphatic carbocycles. The van der Waals surface area contributed by atoms with Crippen molar-refractivity contribution in [1.29, 1.82) is 0 Å². The predicted octanol–water partition coefficient (Wildman–Crippen LogP) is -0.190. The largest absolute Gasteiger partial charge is 0.394 e. The van der Waals surface area contributed by atoms with E-state index in [4.69, 9.17) is 15.9 Å². The smallest absolute Gasteiger partial charge is 0.248 e. The molecule has 0 radical (unpaired) electrons. The van der Waals surface area contributed by atoms with Crippen LogP contribution < -0.4 is 11.1 Å². The predicted molar refractivity (Wildman–Crippen MR) is 74.0 cm³/mol. The molecule has 1 atom stereocenters. The lowest BCUT2D eigenvalue weighted by atomic mass is 10.2. The Labute approximate surface area is 115 Å². The zero-order valence-electron chi connectivity index (χ0n) is 10.2. The van der Waals surface area contributed by atoms with Crippen LogP contribution in [0.4, 0.5) is 5.69 Å². The molecule has 0 aliphatic heterocycles. The fraction of sp³-hybridized carbons (Fsp3) is 0.333. The Morgan fingerprint density at radius 3 is 2.47 bits per heavy atom. The van der Waals surface area contributed by atoms with E-state index >= 15 is 0 Å². The van der Waals surface area contributed by atoms with E-state index in [9.17, 15) is 9.59 Å². The van der Waals surface area contributed by atoms with Crippen LogP contribution in [0.1, 0.15) is 10.4 Å². The molecular weight excluding hydrogens is 268 g/mol. The van der Waals surface area contributed by atoms with E-state index in [-0.39, 0.29) is 18.3 Å². The van der Waals surface area contributed by atoms with Gasteiger partial charge in [0.25, 0.3) is 0 Å². The number of hydrogen-bond donors (Lipinski definition) is 4. The van der Waals surface area contributed by atoms with Gasteiger partial charge in [-0.3, -0.25) is 9.59 Å². The van der Waals surface area contributed by atoms with Gasteiger partial charge in [-0.05, 0) is 24.3 Å². The minimum atomic E-state index is -0.812. The van der Waals surface area contributed by atoms with Gasteiger partial charge in [-0.25, -0.2) is 0 Å². The molecule has 6 nitrogen and oxygen atoms in total. The Kier molecular flexibility index (Phi) is 6.34. The molecule has 0 bridgehead atoms. The molecule has 0 aromatic heterocycles. The van der Waals surface area contributed by atoms with Gasteiger partial charge in [-0.1, -0.05) is 0 Å². The molecule has 5 N–H and O–H groups in total. The molecule has 7 heteroatoms. The fourth-order valence-electron chi connectivity index (χ4n) is 1.26. The van der Waals surface area contributed by atoms with Crippen LogP contribution in [0.2, 0.25) is 0 Å². The molecule has 0 spiro atoms. The van der Waals surface area contributed by atoms with Crippen LogP contribution in [0, 0.1) is 0 Å². The third kappa shape index (κ3) is 5.73. The normalized spacial score (nSPS) is 11.9. The number of benzene rings is 1. The Balaban J connectivity index is 2.38. The summed E-state index contributed by atoms with van der Waals surface area (Å²) in [6.07, 6.45) is -0.812. The highest BCUT2D eigenvalue weighted by atomic mass is 32.2. The molecule has 1 rings (SSSR count). The summed E-state index contributed by atoms with van der Waals surface area (Å²) < 4.78 is 0. The summed E-state index contributed by atoms with van der Waals surface area (Å²) >= 11 is 1.23. The molecule has 0 saturated heterocycles. The Morgan fingerprint density at radius 1 is 1.32 bits per heavy atom. The number of anilines is 1. The van der Waals surface area contributed by atoms with Gasteiger partial charge in [0.05, 0.1) is 18.5 Å². The van der Waals surface area contributed by atoms with E-state index in [1.54, 1.807) is 12.1 Å². The molecule has 2 amide bonds. The van der Waals surface area contributed by atoms with Crippen molar-refractivity contribution >= 4 is 29.3 Å². The third-order valence-corrected chi connectivity index (χ3v) is 3.29. The zero-order valence-corrected chi connectivity index (χ0v) is 11.0. The minimum Gasteiger partial charge on any atom is -0.394 e.